The Balaban J connectivity index is 1.37. The van der Waals surface area contributed by atoms with Gasteiger partial charge in [0.05, 0.1) is 5.57 Å². The molecule has 0 aliphatic carbocycles. The third-order valence-electron chi connectivity index (χ3n) is 6.50. The standard InChI is InChI=1S/C27H26ClN3O3/c1-17(25-21-16-20(28)8-9-22(21)29-26(25)32)23-10-11-24(34-23)18-4-6-19(7-5-18)27(33)31-13-3-12-30(2)14-15-31/h4-11,16H,3,12-15H2,1-2H3,(H,29,32)/b25-17+. The number of hydrogen-bond acceptors (Lipinski definition) is 4. The van der Waals surface area contributed by atoms with Crippen molar-refractivity contribution in [2.45, 2.75) is 13.3 Å². The third-order valence-corrected chi connectivity index (χ3v) is 6.73. The number of anilines is 1. The number of nitrogens with zero attached hydrogens (tertiary/aromatic N) is 2. The second kappa shape index (κ2) is 9.12. The molecule has 0 atom stereocenters. The van der Waals surface area contributed by atoms with Crippen LogP contribution in [0.1, 0.15) is 35.0 Å². The maximum atomic E-state index is 12.9. The van der Waals surface area contributed by atoms with Gasteiger partial charge >= 0.3 is 0 Å². The summed E-state index contributed by atoms with van der Waals surface area (Å²) >= 11 is 6.16. The van der Waals surface area contributed by atoms with Crippen LogP contribution >= 0.6 is 11.6 Å². The van der Waals surface area contributed by atoms with E-state index in [-0.39, 0.29) is 11.8 Å². The zero-order valence-electron chi connectivity index (χ0n) is 19.2. The number of rotatable bonds is 3. The molecule has 0 radical (unpaired) electrons. The fraction of sp³-hybridized carbons (Fsp3) is 0.259. The first-order valence-electron chi connectivity index (χ1n) is 11.4. The van der Waals surface area contributed by atoms with Crippen LogP contribution in [-0.2, 0) is 4.79 Å². The van der Waals surface area contributed by atoms with Crippen molar-refractivity contribution in [2.75, 3.05) is 38.5 Å². The van der Waals surface area contributed by atoms with E-state index in [2.05, 4.69) is 17.3 Å². The Hall–Kier alpha value is -3.35. The van der Waals surface area contributed by atoms with Crippen LogP contribution in [0.2, 0.25) is 5.02 Å². The molecule has 1 aromatic heterocycles. The molecule has 3 aromatic rings. The maximum Gasteiger partial charge on any atom is 0.256 e. The fourth-order valence-electron chi connectivity index (χ4n) is 4.54. The summed E-state index contributed by atoms with van der Waals surface area (Å²) in [6, 6.07) is 16.6. The summed E-state index contributed by atoms with van der Waals surface area (Å²) in [5, 5.41) is 3.45. The molecule has 0 saturated carbocycles. The monoisotopic (exact) mass is 475 g/mol. The van der Waals surface area contributed by atoms with Gasteiger partial charge in [-0.1, -0.05) is 23.7 Å². The number of hydrogen-bond donors (Lipinski definition) is 1. The minimum atomic E-state index is -0.171. The quantitative estimate of drug-likeness (QED) is 0.525. The molecule has 1 N–H and O–H groups in total. The predicted molar refractivity (Wildman–Crippen MR) is 135 cm³/mol. The first-order chi connectivity index (χ1) is 16.4. The number of carbonyl (C=O) groups excluding carboxylic acids is 2. The Bertz CT molecular complexity index is 1290. The zero-order chi connectivity index (χ0) is 23.8. The summed E-state index contributed by atoms with van der Waals surface area (Å²) in [5.41, 5.74) is 4.36. The van der Waals surface area contributed by atoms with Crippen LogP contribution in [0.15, 0.2) is 59.0 Å². The number of halogens is 1. The van der Waals surface area contributed by atoms with Gasteiger partial charge in [0.1, 0.15) is 11.5 Å². The summed E-state index contributed by atoms with van der Waals surface area (Å²) in [7, 11) is 2.09. The molecule has 2 aliphatic heterocycles. The van der Waals surface area contributed by atoms with Crippen LogP contribution in [0, 0.1) is 0 Å². The lowest BCUT2D eigenvalue weighted by molar-refractivity contribution is -0.110. The van der Waals surface area contributed by atoms with E-state index in [1.54, 1.807) is 18.2 Å². The van der Waals surface area contributed by atoms with Gasteiger partial charge in [-0.25, -0.2) is 0 Å². The van der Waals surface area contributed by atoms with Gasteiger partial charge in [-0.15, -0.1) is 0 Å². The van der Waals surface area contributed by atoms with E-state index >= 15 is 0 Å². The number of carbonyl (C=O) groups is 2. The summed E-state index contributed by atoms with van der Waals surface area (Å²) in [6.07, 6.45) is 0.985. The number of furan rings is 1. The predicted octanol–water partition coefficient (Wildman–Crippen LogP) is 5.26. The smallest absolute Gasteiger partial charge is 0.256 e. The first kappa shape index (κ1) is 22.4. The average molecular weight is 476 g/mol. The molecule has 7 heteroatoms. The number of benzene rings is 2. The first-order valence-corrected chi connectivity index (χ1v) is 11.8. The Kier molecular flexibility index (Phi) is 6.02. The summed E-state index contributed by atoms with van der Waals surface area (Å²) in [6.45, 7) is 5.30. The number of amides is 2. The molecule has 6 nitrogen and oxygen atoms in total. The molecular formula is C27H26ClN3O3. The van der Waals surface area contributed by atoms with Gasteiger partial charge in [0, 0.05) is 52.6 Å². The summed E-state index contributed by atoms with van der Waals surface area (Å²) < 4.78 is 6.11. The molecule has 2 aromatic carbocycles. The van der Waals surface area contributed by atoms with Crippen LogP contribution in [0.3, 0.4) is 0 Å². The van der Waals surface area contributed by atoms with Crippen molar-refractivity contribution < 1.29 is 14.0 Å². The van der Waals surface area contributed by atoms with Crippen LogP contribution in [-0.4, -0.2) is 54.8 Å². The molecule has 2 aliphatic rings. The van der Waals surface area contributed by atoms with Gasteiger partial charge < -0.3 is 19.5 Å². The molecule has 174 valence electrons. The minimum Gasteiger partial charge on any atom is -0.456 e. The van der Waals surface area contributed by atoms with Gasteiger partial charge in [0.2, 0.25) is 0 Å². The van der Waals surface area contributed by atoms with Crippen molar-refractivity contribution in [3.05, 3.63) is 76.5 Å². The highest BCUT2D eigenvalue weighted by Gasteiger charge is 2.28. The van der Waals surface area contributed by atoms with Crippen LogP contribution in [0.25, 0.3) is 22.5 Å². The van der Waals surface area contributed by atoms with Crippen molar-refractivity contribution in [2.24, 2.45) is 0 Å². The Morgan fingerprint density at radius 2 is 1.79 bits per heavy atom. The van der Waals surface area contributed by atoms with Crippen molar-refractivity contribution in [1.29, 1.82) is 0 Å². The molecule has 5 rings (SSSR count). The third kappa shape index (κ3) is 4.27. The van der Waals surface area contributed by atoms with E-state index in [0.29, 0.717) is 27.7 Å². The summed E-state index contributed by atoms with van der Waals surface area (Å²) in [4.78, 5) is 29.7. The topological polar surface area (TPSA) is 65.8 Å². The number of likely N-dealkylation sites (N-methyl/N-ethyl adjacent to an activating group) is 1. The normalized spacial score (nSPS) is 17.9. The van der Waals surface area contributed by atoms with Gasteiger partial charge in [-0.05, 0) is 69.4 Å². The van der Waals surface area contributed by atoms with Gasteiger partial charge in [0.25, 0.3) is 11.8 Å². The van der Waals surface area contributed by atoms with Crippen molar-refractivity contribution in [1.82, 2.24) is 9.80 Å². The van der Waals surface area contributed by atoms with Gasteiger partial charge in [-0.2, -0.15) is 0 Å². The fourth-order valence-corrected chi connectivity index (χ4v) is 4.71. The molecular weight excluding hydrogens is 450 g/mol. The van der Waals surface area contributed by atoms with Crippen LogP contribution < -0.4 is 5.32 Å². The number of allylic oxidation sites excluding steroid dienone is 1. The molecule has 0 spiro atoms. The Morgan fingerprint density at radius 3 is 2.59 bits per heavy atom. The zero-order valence-corrected chi connectivity index (χ0v) is 20.0. The van der Waals surface area contributed by atoms with E-state index in [1.807, 2.05) is 48.2 Å². The highest BCUT2D eigenvalue weighted by molar-refractivity contribution is 6.38. The lowest BCUT2D eigenvalue weighted by Gasteiger charge is -2.20. The SMILES string of the molecule is C/C(=C1\C(=O)Nc2ccc(Cl)cc21)c1ccc(-c2ccc(C(=O)N3CCCN(C)CC3)cc2)o1. The molecule has 1 fully saturated rings. The lowest BCUT2D eigenvalue weighted by Crippen LogP contribution is -2.34. The van der Waals surface area contributed by atoms with Crippen LogP contribution in [0.4, 0.5) is 5.69 Å². The molecule has 34 heavy (non-hydrogen) atoms. The number of fused-ring (bicyclic) bond motifs is 1. The summed E-state index contributed by atoms with van der Waals surface area (Å²) in [5.74, 6) is 1.18. The number of nitrogens with one attached hydrogen (secondary N) is 1. The van der Waals surface area contributed by atoms with E-state index in [9.17, 15) is 9.59 Å². The Labute approximate surface area is 203 Å². The molecule has 0 bridgehead atoms. The highest BCUT2D eigenvalue weighted by Crippen LogP contribution is 2.39. The van der Waals surface area contributed by atoms with Gasteiger partial charge in [0.15, 0.2) is 0 Å². The van der Waals surface area contributed by atoms with Crippen molar-refractivity contribution in [3.63, 3.8) is 0 Å². The Morgan fingerprint density at radius 1 is 1.00 bits per heavy atom. The highest BCUT2D eigenvalue weighted by atomic mass is 35.5. The maximum absolute atomic E-state index is 12.9. The van der Waals surface area contributed by atoms with Crippen molar-refractivity contribution in [3.8, 4) is 11.3 Å². The van der Waals surface area contributed by atoms with E-state index in [0.717, 1.165) is 55.0 Å². The van der Waals surface area contributed by atoms with E-state index < -0.39 is 0 Å². The minimum absolute atomic E-state index is 0.0622. The molecule has 2 amide bonds. The van der Waals surface area contributed by atoms with E-state index in [4.69, 9.17) is 16.0 Å². The average Bonchev–Trinajstić information content (AvgIpc) is 3.38. The molecule has 1 saturated heterocycles. The second-order valence-electron chi connectivity index (χ2n) is 8.83. The van der Waals surface area contributed by atoms with Crippen LogP contribution in [0.5, 0.6) is 0 Å². The van der Waals surface area contributed by atoms with E-state index in [1.165, 1.54) is 0 Å². The largest absolute Gasteiger partial charge is 0.456 e. The van der Waals surface area contributed by atoms with Crippen molar-refractivity contribution >= 4 is 40.2 Å². The lowest BCUT2D eigenvalue weighted by atomic mass is 10.0. The second-order valence-corrected chi connectivity index (χ2v) is 9.27. The van der Waals surface area contributed by atoms with Gasteiger partial charge in [-0.3, -0.25) is 9.59 Å². The molecule has 0 unspecified atom stereocenters. The molecule has 3 heterocycles.